The van der Waals surface area contributed by atoms with Crippen molar-refractivity contribution in [2.45, 2.75) is 6.61 Å². The molecule has 0 unspecified atom stereocenters. The standard InChI is InChI=1S/C15H12N2O3/c18-15(19)12-8-16-17-13(12)9-20-14-7-3-5-10-4-1-2-6-11(10)14/h1-8H,9H2,(H,16,17)(H,18,19). The lowest BCUT2D eigenvalue weighted by Gasteiger charge is -2.08. The molecular formula is C15H12N2O3. The minimum Gasteiger partial charge on any atom is -0.487 e. The summed E-state index contributed by atoms with van der Waals surface area (Å²) >= 11 is 0. The zero-order valence-electron chi connectivity index (χ0n) is 10.5. The highest BCUT2D eigenvalue weighted by Gasteiger charge is 2.13. The number of hydrogen-bond acceptors (Lipinski definition) is 3. The number of H-pyrrole nitrogens is 1. The first-order chi connectivity index (χ1) is 9.75. The van der Waals surface area contributed by atoms with Gasteiger partial charge in [0.25, 0.3) is 0 Å². The number of aromatic nitrogens is 2. The topological polar surface area (TPSA) is 75.2 Å². The number of carboxylic acid groups (broad SMARTS) is 1. The molecule has 0 atom stereocenters. The van der Waals surface area contributed by atoms with Gasteiger partial charge in [-0.25, -0.2) is 4.79 Å². The smallest absolute Gasteiger partial charge is 0.339 e. The monoisotopic (exact) mass is 268 g/mol. The maximum atomic E-state index is 11.0. The summed E-state index contributed by atoms with van der Waals surface area (Å²) in [5, 5.41) is 17.5. The summed E-state index contributed by atoms with van der Waals surface area (Å²) in [6.45, 7) is 0.135. The average Bonchev–Trinajstić information content (AvgIpc) is 2.93. The average molecular weight is 268 g/mol. The van der Waals surface area contributed by atoms with Crippen molar-refractivity contribution in [3.63, 3.8) is 0 Å². The van der Waals surface area contributed by atoms with Gasteiger partial charge in [-0.3, -0.25) is 5.10 Å². The van der Waals surface area contributed by atoms with Gasteiger partial charge in [-0.2, -0.15) is 5.10 Å². The molecule has 5 nitrogen and oxygen atoms in total. The maximum Gasteiger partial charge on any atom is 0.339 e. The number of aromatic amines is 1. The lowest BCUT2D eigenvalue weighted by Crippen LogP contribution is -2.04. The van der Waals surface area contributed by atoms with E-state index in [4.69, 9.17) is 9.84 Å². The zero-order chi connectivity index (χ0) is 13.9. The molecule has 0 aliphatic carbocycles. The molecule has 20 heavy (non-hydrogen) atoms. The first-order valence-electron chi connectivity index (χ1n) is 6.12. The van der Waals surface area contributed by atoms with Gasteiger partial charge in [0.2, 0.25) is 0 Å². The van der Waals surface area contributed by atoms with Crippen molar-refractivity contribution in [3.8, 4) is 5.75 Å². The van der Waals surface area contributed by atoms with E-state index in [0.29, 0.717) is 11.4 Å². The SMILES string of the molecule is O=C(O)c1cn[nH]c1COc1cccc2ccccc12. The molecule has 0 spiro atoms. The van der Waals surface area contributed by atoms with Gasteiger partial charge < -0.3 is 9.84 Å². The molecule has 0 aliphatic rings. The zero-order valence-corrected chi connectivity index (χ0v) is 10.5. The second kappa shape index (κ2) is 5.05. The Morgan fingerprint density at radius 1 is 1.20 bits per heavy atom. The molecule has 0 radical (unpaired) electrons. The van der Waals surface area contributed by atoms with Crippen LogP contribution in [0.2, 0.25) is 0 Å². The number of carbonyl (C=O) groups is 1. The summed E-state index contributed by atoms with van der Waals surface area (Å²) < 4.78 is 5.72. The second-order valence-corrected chi connectivity index (χ2v) is 4.33. The van der Waals surface area contributed by atoms with Crippen molar-refractivity contribution in [2.24, 2.45) is 0 Å². The summed E-state index contributed by atoms with van der Waals surface area (Å²) in [6, 6.07) is 13.6. The van der Waals surface area contributed by atoms with Gasteiger partial charge in [0, 0.05) is 5.39 Å². The molecule has 5 heteroatoms. The van der Waals surface area contributed by atoms with E-state index in [2.05, 4.69) is 10.2 Å². The number of hydrogen-bond donors (Lipinski definition) is 2. The largest absolute Gasteiger partial charge is 0.487 e. The number of fused-ring (bicyclic) bond motifs is 1. The second-order valence-electron chi connectivity index (χ2n) is 4.33. The van der Waals surface area contributed by atoms with E-state index in [-0.39, 0.29) is 12.2 Å². The molecule has 2 N–H and O–H groups in total. The fourth-order valence-corrected chi connectivity index (χ4v) is 2.08. The van der Waals surface area contributed by atoms with Crippen LogP contribution in [0.4, 0.5) is 0 Å². The summed E-state index contributed by atoms with van der Waals surface area (Å²) in [4.78, 5) is 11.0. The van der Waals surface area contributed by atoms with E-state index >= 15 is 0 Å². The Hall–Kier alpha value is -2.82. The molecule has 2 aromatic carbocycles. The predicted octanol–water partition coefficient (Wildman–Crippen LogP) is 2.84. The fourth-order valence-electron chi connectivity index (χ4n) is 2.08. The maximum absolute atomic E-state index is 11.0. The third-order valence-electron chi connectivity index (χ3n) is 3.07. The predicted molar refractivity (Wildman–Crippen MR) is 73.8 cm³/mol. The summed E-state index contributed by atoms with van der Waals surface area (Å²) in [6.07, 6.45) is 1.28. The van der Waals surface area contributed by atoms with Crippen LogP contribution in [0.25, 0.3) is 10.8 Å². The molecule has 100 valence electrons. The quantitative estimate of drug-likeness (QED) is 0.763. The third kappa shape index (κ3) is 2.21. The van der Waals surface area contributed by atoms with Crippen molar-refractivity contribution in [1.82, 2.24) is 10.2 Å². The van der Waals surface area contributed by atoms with Gasteiger partial charge in [-0.15, -0.1) is 0 Å². The van der Waals surface area contributed by atoms with Gasteiger partial charge in [-0.1, -0.05) is 36.4 Å². The summed E-state index contributed by atoms with van der Waals surface area (Å²) in [7, 11) is 0. The third-order valence-corrected chi connectivity index (χ3v) is 3.07. The van der Waals surface area contributed by atoms with Crippen LogP contribution in [-0.2, 0) is 6.61 Å². The van der Waals surface area contributed by atoms with Gasteiger partial charge in [0.05, 0.1) is 11.9 Å². The van der Waals surface area contributed by atoms with Gasteiger partial charge >= 0.3 is 5.97 Å². The highest BCUT2D eigenvalue weighted by atomic mass is 16.5. The molecule has 3 rings (SSSR count). The molecule has 3 aromatic rings. The molecule has 0 saturated carbocycles. The Balaban J connectivity index is 1.87. The molecule has 0 saturated heterocycles. The van der Waals surface area contributed by atoms with E-state index in [9.17, 15) is 4.79 Å². The van der Waals surface area contributed by atoms with E-state index < -0.39 is 5.97 Å². The highest BCUT2D eigenvalue weighted by molar-refractivity contribution is 5.89. The van der Waals surface area contributed by atoms with Crippen molar-refractivity contribution >= 4 is 16.7 Å². The van der Waals surface area contributed by atoms with Crippen molar-refractivity contribution in [3.05, 3.63) is 59.9 Å². The number of nitrogens with one attached hydrogen (secondary N) is 1. The van der Waals surface area contributed by atoms with Crippen molar-refractivity contribution in [2.75, 3.05) is 0 Å². The van der Waals surface area contributed by atoms with E-state index in [0.717, 1.165) is 10.8 Å². The van der Waals surface area contributed by atoms with Crippen LogP contribution < -0.4 is 4.74 Å². The van der Waals surface area contributed by atoms with Crippen LogP contribution in [0.1, 0.15) is 16.1 Å². The van der Waals surface area contributed by atoms with Crippen LogP contribution in [0.15, 0.2) is 48.7 Å². The number of aromatic carboxylic acids is 1. The summed E-state index contributed by atoms with van der Waals surface area (Å²) in [5.74, 6) is -0.302. The van der Waals surface area contributed by atoms with E-state index in [1.54, 1.807) is 0 Å². The molecule has 0 amide bonds. The van der Waals surface area contributed by atoms with Gasteiger partial charge in [0.15, 0.2) is 0 Å². The molecule has 0 aliphatic heterocycles. The van der Waals surface area contributed by atoms with Crippen LogP contribution in [0, 0.1) is 0 Å². The Labute approximate surface area is 114 Å². The van der Waals surface area contributed by atoms with Gasteiger partial charge in [0.1, 0.15) is 17.9 Å². The summed E-state index contributed by atoms with van der Waals surface area (Å²) in [5.41, 5.74) is 0.579. The highest BCUT2D eigenvalue weighted by Crippen LogP contribution is 2.25. The van der Waals surface area contributed by atoms with E-state index in [1.165, 1.54) is 6.20 Å². The van der Waals surface area contributed by atoms with Crippen LogP contribution >= 0.6 is 0 Å². The molecule has 0 fully saturated rings. The van der Waals surface area contributed by atoms with Crippen LogP contribution in [-0.4, -0.2) is 21.3 Å². The lowest BCUT2D eigenvalue weighted by molar-refractivity contribution is 0.0694. The Morgan fingerprint density at radius 2 is 2.00 bits per heavy atom. The first kappa shape index (κ1) is 12.2. The minimum atomic E-state index is -1.02. The number of rotatable bonds is 4. The van der Waals surface area contributed by atoms with Crippen LogP contribution in [0.5, 0.6) is 5.75 Å². The Bertz CT molecular complexity index is 759. The number of carboxylic acids is 1. The number of benzene rings is 2. The Morgan fingerprint density at radius 3 is 2.85 bits per heavy atom. The number of ether oxygens (including phenoxy) is 1. The first-order valence-corrected chi connectivity index (χ1v) is 6.12. The fraction of sp³-hybridized carbons (Fsp3) is 0.0667. The van der Waals surface area contributed by atoms with Crippen molar-refractivity contribution in [1.29, 1.82) is 0 Å². The molecular weight excluding hydrogens is 256 g/mol. The van der Waals surface area contributed by atoms with Crippen molar-refractivity contribution < 1.29 is 14.6 Å². The minimum absolute atomic E-state index is 0.130. The lowest BCUT2D eigenvalue weighted by atomic mass is 10.1. The normalized spacial score (nSPS) is 10.6. The molecule has 0 bridgehead atoms. The molecule has 1 heterocycles. The Kier molecular flexibility index (Phi) is 3.09. The van der Waals surface area contributed by atoms with Crippen LogP contribution in [0.3, 0.4) is 0 Å². The number of nitrogens with zero attached hydrogens (tertiary/aromatic N) is 1. The molecule has 1 aromatic heterocycles. The van der Waals surface area contributed by atoms with E-state index in [1.807, 2.05) is 42.5 Å². The van der Waals surface area contributed by atoms with Gasteiger partial charge in [-0.05, 0) is 11.5 Å².